The molecule has 0 spiro atoms. The standard InChI is InChI=1S/C5H7NO2.C4H7NO2.CH3Cl.CH2O/c1-2-6-3-4-8-5(6)7;1-5-2-3-7-4(5)6;2*1-2/h2H,1,3-4H2;2-3H2,1H3;1H3;1H2. The van der Waals surface area contributed by atoms with Gasteiger partial charge in [-0.1, -0.05) is 6.58 Å². The van der Waals surface area contributed by atoms with E-state index in [1.54, 1.807) is 11.9 Å². The predicted octanol–water partition coefficient (Wildman–Crippen LogP) is 1.32. The molecule has 0 radical (unpaired) electrons. The first-order valence-corrected chi connectivity index (χ1v) is 6.01. The Morgan fingerprint density at radius 1 is 1.11 bits per heavy atom. The lowest BCUT2D eigenvalue weighted by Gasteiger charge is -2.01. The molecule has 110 valence electrons. The summed E-state index contributed by atoms with van der Waals surface area (Å²) >= 11 is 4.64. The largest absolute Gasteiger partial charge is 0.448 e. The smallest absolute Gasteiger partial charge is 0.413 e. The van der Waals surface area contributed by atoms with Gasteiger partial charge in [-0.05, 0) is 0 Å². The number of ether oxygens (including phenoxy) is 2. The summed E-state index contributed by atoms with van der Waals surface area (Å²) in [6.45, 7) is 7.84. The van der Waals surface area contributed by atoms with E-state index < -0.39 is 0 Å². The zero-order chi connectivity index (χ0) is 15.3. The highest BCUT2D eigenvalue weighted by atomic mass is 35.5. The van der Waals surface area contributed by atoms with Crippen molar-refractivity contribution in [2.75, 3.05) is 39.7 Å². The minimum absolute atomic E-state index is 0.208. The first-order valence-electron chi connectivity index (χ1n) is 5.25. The third-order valence-electron chi connectivity index (χ3n) is 1.98. The van der Waals surface area contributed by atoms with E-state index in [4.69, 9.17) is 4.79 Å². The van der Waals surface area contributed by atoms with E-state index in [0.717, 1.165) is 6.54 Å². The van der Waals surface area contributed by atoms with E-state index in [1.807, 2.05) is 6.79 Å². The van der Waals surface area contributed by atoms with Crippen molar-refractivity contribution in [3.8, 4) is 0 Å². The van der Waals surface area contributed by atoms with Crippen LogP contribution in [0.1, 0.15) is 0 Å². The van der Waals surface area contributed by atoms with Gasteiger partial charge >= 0.3 is 12.2 Å². The van der Waals surface area contributed by atoms with Gasteiger partial charge in [0.2, 0.25) is 0 Å². The van der Waals surface area contributed by atoms with Crippen molar-refractivity contribution in [2.24, 2.45) is 0 Å². The van der Waals surface area contributed by atoms with Gasteiger partial charge in [0.05, 0.1) is 13.1 Å². The van der Waals surface area contributed by atoms with Gasteiger partial charge in [0.25, 0.3) is 0 Å². The molecular weight excluding hydrogens is 276 g/mol. The average molecular weight is 295 g/mol. The summed E-state index contributed by atoms with van der Waals surface area (Å²) in [5, 5.41) is 0. The fraction of sp³-hybridized carbons (Fsp3) is 0.545. The van der Waals surface area contributed by atoms with Crippen molar-refractivity contribution in [1.82, 2.24) is 9.80 Å². The maximum Gasteiger partial charge on any atom is 0.413 e. The lowest BCUT2D eigenvalue weighted by molar-refractivity contribution is -0.0980. The summed E-state index contributed by atoms with van der Waals surface area (Å²) < 4.78 is 9.12. The van der Waals surface area contributed by atoms with Crippen molar-refractivity contribution in [3.63, 3.8) is 0 Å². The second-order valence-electron chi connectivity index (χ2n) is 3.03. The SMILES string of the molecule is C=CN1CCOC1=O.C=O.CCl.CN1CCOC1=O. The minimum Gasteiger partial charge on any atom is -0.448 e. The van der Waals surface area contributed by atoms with Crippen molar-refractivity contribution in [2.45, 2.75) is 0 Å². The molecule has 0 aromatic heterocycles. The van der Waals surface area contributed by atoms with E-state index in [0.29, 0.717) is 19.8 Å². The third kappa shape index (κ3) is 8.04. The van der Waals surface area contributed by atoms with Crippen LogP contribution in [0.15, 0.2) is 12.8 Å². The number of hydrogen-bond acceptors (Lipinski definition) is 5. The van der Waals surface area contributed by atoms with E-state index in [1.165, 1.54) is 17.5 Å². The van der Waals surface area contributed by atoms with Gasteiger partial charge in [-0.25, -0.2) is 9.59 Å². The molecule has 0 atom stereocenters. The van der Waals surface area contributed by atoms with E-state index in [9.17, 15) is 9.59 Å². The third-order valence-corrected chi connectivity index (χ3v) is 1.98. The topological polar surface area (TPSA) is 76.2 Å². The molecule has 2 fully saturated rings. The van der Waals surface area contributed by atoms with Crippen LogP contribution in [0.25, 0.3) is 0 Å². The molecule has 2 rings (SSSR count). The molecule has 0 aromatic carbocycles. The lowest BCUT2D eigenvalue weighted by atomic mass is 10.6. The van der Waals surface area contributed by atoms with Crippen LogP contribution in [0, 0.1) is 0 Å². The molecule has 8 heteroatoms. The first kappa shape index (κ1) is 19.6. The van der Waals surface area contributed by atoms with E-state index in [-0.39, 0.29) is 12.2 Å². The van der Waals surface area contributed by atoms with Gasteiger partial charge in [-0.3, -0.25) is 4.90 Å². The number of carbonyl (C=O) groups excluding carboxylic acids is 3. The van der Waals surface area contributed by atoms with Crippen LogP contribution in [0.2, 0.25) is 0 Å². The molecule has 2 aliphatic heterocycles. The summed E-state index contributed by atoms with van der Waals surface area (Å²) in [6, 6.07) is 0. The van der Waals surface area contributed by atoms with Gasteiger partial charge < -0.3 is 19.2 Å². The molecular formula is C11H19ClN2O5. The highest BCUT2D eigenvalue weighted by Crippen LogP contribution is 2.01. The molecule has 0 aromatic rings. The number of alkyl halides is 1. The number of nitrogens with zero attached hydrogens (tertiary/aromatic N) is 2. The Kier molecular flexibility index (Phi) is 13.1. The summed E-state index contributed by atoms with van der Waals surface area (Å²) in [4.78, 5) is 31.7. The number of rotatable bonds is 1. The molecule has 0 bridgehead atoms. The van der Waals surface area contributed by atoms with Crippen LogP contribution in [0.5, 0.6) is 0 Å². The first-order chi connectivity index (χ1) is 9.15. The maximum atomic E-state index is 10.4. The minimum atomic E-state index is -0.292. The van der Waals surface area contributed by atoms with E-state index in [2.05, 4.69) is 27.7 Å². The zero-order valence-corrected chi connectivity index (χ0v) is 11.9. The monoisotopic (exact) mass is 294 g/mol. The van der Waals surface area contributed by atoms with Gasteiger partial charge in [0.15, 0.2) is 0 Å². The molecule has 0 saturated carbocycles. The second kappa shape index (κ2) is 12.7. The van der Waals surface area contributed by atoms with Crippen molar-refractivity contribution < 1.29 is 23.9 Å². The summed E-state index contributed by atoms with van der Waals surface area (Å²) in [6.07, 6.45) is 2.44. The summed E-state index contributed by atoms with van der Waals surface area (Å²) in [7, 11) is 1.72. The molecule has 0 N–H and O–H groups in total. The summed E-state index contributed by atoms with van der Waals surface area (Å²) in [5.41, 5.74) is 0. The highest BCUT2D eigenvalue weighted by Gasteiger charge is 2.17. The van der Waals surface area contributed by atoms with Gasteiger partial charge in [-0.15, -0.1) is 11.6 Å². The van der Waals surface area contributed by atoms with Gasteiger partial charge in [0.1, 0.15) is 20.0 Å². The van der Waals surface area contributed by atoms with Crippen LogP contribution < -0.4 is 0 Å². The normalized spacial score (nSPS) is 15.7. The number of amides is 2. The van der Waals surface area contributed by atoms with Crippen molar-refractivity contribution in [1.29, 1.82) is 0 Å². The van der Waals surface area contributed by atoms with Crippen LogP contribution in [0.3, 0.4) is 0 Å². The van der Waals surface area contributed by atoms with Gasteiger partial charge in [-0.2, -0.15) is 0 Å². The van der Waals surface area contributed by atoms with E-state index >= 15 is 0 Å². The van der Waals surface area contributed by atoms with Crippen molar-refractivity contribution >= 4 is 30.6 Å². The Hall–Kier alpha value is -1.76. The van der Waals surface area contributed by atoms with Crippen LogP contribution >= 0.6 is 11.6 Å². The van der Waals surface area contributed by atoms with Crippen LogP contribution in [0.4, 0.5) is 9.59 Å². The maximum absolute atomic E-state index is 10.4. The number of cyclic esters (lactones) is 2. The molecule has 2 saturated heterocycles. The average Bonchev–Trinajstić information content (AvgIpc) is 3.04. The molecule has 0 aliphatic carbocycles. The lowest BCUT2D eigenvalue weighted by Crippen LogP contribution is -2.17. The fourth-order valence-corrected chi connectivity index (χ4v) is 1.04. The number of carbonyl (C=O) groups is 3. The number of likely N-dealkylation sites (N-methyl/N-ethyl adjacent to an activating group) is 1. The number of hydrogen-bond donors (Lipinski definition) is 0. The Balaban J connectivity index is 0. The molecule has 19 heavy (non-hydrogen) atoms. The molecule has 2 aliphatic rings. The fourth-order valence-electron chi connectivity index (χ4n) is 1.04. The predicted molar refractivity (Wildman–Crippen MR) is 71.1 cm³/mol. The van der Waals surface area contributed by atoms with Gasteiger partial charge in [0, 0.05) is 19.6 Å². The Morgan fingerprint density at radius 3 is 1.74 bits per heavy atom. The van der Waals surface area contributed by atoms with Crippen molar-refractivity contribution in [3.05, 3.63) is 12.8 Å². The second-order valence-corrected chi connectivity index (χ2v) is 3.03. The molecule has 2 heterocycles. The Morgan fingerprint density at radius 2 is 1.58 bits per heavy atom. The number of halogens is 1. The Labute approximate surface area is 117 Å². The summed E-state index contributed by atoms with van der Waals surface area (Å²) in [5.74, 6) is 0. The quantitative estimate of drug-likeness (QED) is 0.682. The highest BCUT2D eigenvalue weighted by molar-refractivity contribution is 6.15. The van der Waals surface area contributed by atoms with Crippen LogP contribution in [-0.4, -0.2) is 68.5 Å². The van der Waals surface area contributed by atoms with Crippen LogP contribution in [-0.2, 0) is 14.3 Å². The zero-order valence-electron chi connectivity index (χ0n) is 11.1. The molecule has 0 unspecified atom stereocenters. The molecule has 2 amide bonds. The Bertz CT molecular complexity index is 288. The molecule has 7 nitrogen and oxygen atoms in total.